The number of nitrogens with one attached hydrogen (secondary N) is 2. The summed E-state index contributed by atoms with van der Waals surface area (Å²) in [6, 6.07) is 8.82. The predicted molar refractivity (Wildman–Crippen MR) is 107 cm³/mol. The molecular formula is C20H16F3N5O4. The third kappa shape index (κ3) is 3.91. The largest absolute Gasteiger partial charge is 0.573 e. The number of rotatable bonds is 5. The molecule has 5 rings (SSSR count). The van der Waals surface area contributed by atoms with E-state index >= 15 is 0 Å². The lowest BCUT2D eigenvalue weighted by Crippen LogP contribution is -2.48. The van der Waals surface area contributed by atoms with Crippen molar-refractivity contribution in [1.29, 1.82) is 0 Å². The number of carbonyl (C=O) groups excluding carboxylic acids is 1. The fraction of sp³-hybridized carbons (Fsp3) is 0.250. The Balaban J connectivity index is 1.38. The second kappa shape index (κ2) is 7.41. The van der Waals surface area contributed by atoms with Crippen LogP contribution in [0.3, 0.4) is 0 Å². The Morgan fingerprint density at radius 3 is 2.69 bits per heavy atom. The average Bonchev–Trinajstić information content (AvgIpc) is 3.23. The molecule has 3 heterocycles. The van der Waals surface area contributed by atoms with Crippen molar-refractivity contribution in [3.05, 3.63) is 42.0 Å². The molecule has 0 spiro atoms. The van der Waals surface area contributed by atoms with Crippen LogP contribution in [0.1, 0.15) is 10.4 Å². The van der Waals surface area contributed by atoms with Gasteiger partial charge < -0.3 is 23.8 Å². The molecule has 2 aromatic carbocycles. The standard InChI is InChI=1S/C20H16F3N5O4/c1-28-15-5-2-10(17(29)24-11-8-30-9-11)6-14(15)25-18(28)27-19-26-13-4-3-12(7-16(13)31-19)32-20(21,22)23/h2-7,11H,8-9H2,1H3,(H,24,29)(H,25,26,27). The van der Waals surface area contributed by atoms with Crippen LogP contribution in [0.5, 0.6) is 5.75 Å². The Labute approximate surface area is 178 Å². The van der Waals surface area contributed by atoms with Gasteiger partial charge in [0.1, 0.15) is 11.3 Å². The molecule has 0 radical (unpaired) electrons. The molecule has 0 aliphatic carbocycles. The van der Waals surface area contributed by atoms with Crippen LogP contribution >= 0.6 is 0 Å². The first kappa shape index (κ1) is 20.1. The second-order valence-corrected chi connectivity index (χ2v) is 7.23. The maximum atomic E-state index is 12.4. The monoisotopic (exact) mass is 447 g/mol. The minimum absolute atomic E-state index is 0.0142. The molecule has 9 nitrogen and oxygen atoms in total. The summed E-state index contributed by atoms with van der Waals surface area (Å²) in [6.07, 6.45) is -4.80. The van der Waals surface area contributed by atoms with Gasteiger partial charge in [0, 0.05) is 18.7 Å². The summed E-state index contributed by atoms with van der Waals surface area (Å²) in [5.74, 6) is -0.242. The van der Waals surface area contributed by atoms with Crippen LogP contribution in [0.15, 0.2) is 40.8 Å². The van der Waals surface area contributed by atoms with E-state index in [2.05, 4.69) is 25.3 Å². The normalized spacial score (nSPS) is 14.5. The lowest BCUT2D eigenvalue weighted by atomic mass is 10.1. The van der Waals surface area contributed by atoms with Crippen LogP contribution in [-0.4, -0.2) is 46.1 Å². The Morgan fingerprint density at radius 1 is 1.16 bits per heavy atom. The van der Waals surface area contributed by atoms with Gasteiger partial charge in [-0.15, -0.1) is 13.2 Å². The Bertz CT molecular complexity index is 1330. The first-order valence-corrected chi connectivity index (χ1v) is 9.54. The van der Waals surface area contributed by atoms with Crippen molar-refractivity contribution in [1.82, 2.24) is 19.9 Å². The highest BCUT2D eigenvalue weighted by Gasteiger charge is 2.31. The third-order valence-corrected chi connectivity index (χ3v) is 4.93. The number of aromatic nitrogens is 3. The number of ether oxygens (including phenoxy) is 2. The molecule has 12 heteroatoms. The molecule has 1 fully saturated rings. The van der Waals surface area contributed by atoms with Crippen molar-refractivity contribution < 1.29 is 31.9 Å². The first-order valence-electron chi connectivity index (χ1n) is 9.54. The van der Waals surface area contributed by atoms with Crippen LogP contribution in [0, 0.1) is 0 Å². The van der Waals surface area contributed by atoms with E-state index in [0.717, 1.165) is 17.6 Å². The van der Waals surface area contributed by atoms with Gasteiger partial charge in [0.15, 0.2) is 5.58 Å². The molecule has 2 N–H and O–H groups in total. The average molecular weight is 447 g/mol. The van der Waals surface area contributed by atoms with E-state index in [9.17, 15) is 18.0 Å². The number of halogens is 3. The number of anilines is 2. The molecule has 2 aromatic heterocycles. The van der Waals surface area contributed by atoms with E-state index in [1.165, 1.54) is 6.07 Å². The van der Waals surface area contributed by atoms with E-state index in [1.807, 2.05) is 0 Å². The number of alkyl halides is 3. The molecule has 1 aliphatic rings. The van der Waals surface area contributed by atoms with Crippen LogP contribution in [0.25, 0.3) is 22.1 Å². The lowest BCUT2D eigenvalue weighted by molar-refractivity contribution is -0.274. The first-order chi connectivity index (χ1) is 15.2. The van der Waals surface area contributed by atoms with Crippen LogP contribution in [-0.2, 0) is 11.8 Å². The van der Waals surface area contributed by atoms with Gasteiger partial charge in [-0.25, -0.2) is 4.98 Å². The molecule has 0 atom stereocenters. The van der Waals surface area contributed by atoms with Gasteiger partial charge in [0.2, 0.25) is 5.95 Å². The minimum Gasteiger partial charge on any atom is -0.423 e. The quantitative estimate of drug-likeness (QED) is 0.483. The number of oxazole rings is 1. The predicted octanol–water partition coefficient (Wildman–Crippen LogP) is 3.49. The summed E-state index contributed by atoms with van der Waals surface area (Å²) in [4.78, 5) is 21.0. The Kier molecular flexibility index (Phi) is 4.66. The van der Waals surface area contributed by atoms with Gasteiger partial charge in [-0.1, -0.05) is 0 Å². The number of nitrogens with zero attached hydrogens (tertiary/aromatic N) is 3. The van der Waals surface area contributed by atoms with E-state index in [0.29, 0.717) is 35.8 Å². The third-order valence-electron chi connectivity index (χ3n) is 4.93. The van der Waals surface area contributed by atoms with Crippen LogP contribution in [0.2, 0.25) is 0 Å². The molecular weight excluding hydrogens is 431 g/mol. The van der Waals surface area contributed by atoms with E-state index < -0.39 is 12.1 Å². The SMILES string of the molecule is Cn1c(Nc2nc3ccc(OC(F)(F)F)cc3o2)nc2cc(C(=O)NC3COC3)ccc21. The Hall–Kier alpha value is -3.80. The number of hydrogen-bond acceptors (Lipinski definition) is 7. The maximum Gasteiger partial charge on any atom is 0.573 e. The molecule has 166 valence electrons. The number of fused-ring (bicyclic) bond motifs is 2. The van der Waals surface area contributed by atoms with Crippen LogP contribution < -0.4 is 15.4 Å². The zero-order chi connectivity index (χ0) is 22.5. The molecule has 0 saturated carbocycles. The smallest absolute Gasteiger partial charge is 0.423 e. The maximum absolute atomic E-state index is 12.4. The molecule has 0 unspecified atom stereocenters. The number of carbonyl (C=O) groups is 1. The Morgan fingerprint density at radius 2 is 1.97 bits per heavy atom. The van der Waals surface area contributed by atoms with Gasteiger partial charge in [-0.05, 0) is 30.3 Å². The highest BCUT2D eigenvalue weighted by molar-refractivity contribution is 5.98. The number of aryl methyl sites for hydroxylation is 1. The van der Waals surface area contributed by atoms with Crippen molar-refractivity contribution >= 4 is 40.0 Å². The fourth-order valence-corrected chi connectivity index (χ4v) is 3.29. The van der Waals surface area contributed by atoms with Gasteiger partial charge in [0.05, 0.1) is 30.3 Å². The summed E-state index contributed by atoms with van der Waals surface area (Å²) in [5.41, 5.74) is 2.26. The van der Waals surface area contributed by atoms with Crippen LogP contribution in [0.4, 0.5) is 25.1 Å². The molecule has 1 aliphatic heterocycles. The van der Waals surface area contributed by atoms with Gasteiger partial charge in [0.25, 0.3) is 5.91 Å². The number of imidazole rings is 1. The van der Waals surface area contributed by atoms with Crippen molar-refractivity contribution in [3.8, 4) is 5.75 Å². The van der Waals surface area contributed by atoms with Crippen molar-refractivity contribution in [2.75, 3.05) is 18.5 Å². The van der Waals surface area contributed by atoms with Gasteiger partial charge in [-0.3, -0.25) is 10.1 Å². The number of amides is 1. The zero-order valence-corrected chi connectivity index (χ0v) is 16.6. The summed E-state index contributed by atoms with van der Waals surface area (Å²) < 4.78 is 53.5. The molecule has 1 amide bonds. The minimum atomic E-state index is -4.80. The van der Waals surface area contributed by atoms with Crippen molar-refractivity contribution in [2.24, 2.45) is 7.05 Å². The molecule has 1 saturated heterocycles. The van der Waals surface area contributed by atoms with E-state index in [4.69, 9.17) is 9.15 Å². The van der Waals surface area contributed by atoms with Crippen molar-refractivity contribution in [3.63, 3.8) is 0 Å². The summed E-state index contributed by atoms with van der Waals surface area (Å²) >= 11 is 0. The molecule has 0 bridgehead atoms. The van der Waals surface area contributed by atoms with E-state index in [-0.39, 0.29) is 23.5 Å². The van der Waals surface area contributed by atoms with Crippen molar-refractivity contribution in [2.45, 2.75) is 12.4 Å². The topological polar surface area (TPSA) is 103 Å². The summed E-state index contributed by atoms with van der Waals surface area (Å²) in [5, 5.41) is 5.78. The molecule has 4 aromatic rings. The number of benzene rings is 2. The van der Waals surface area contributed by atoms with Gasteiger partial charge >= 0.3 is 12.4 Å². The highest BCUT2D eigenvalue weighted by atomic mass is 19.4. The molecule has 32 heavy (non-hydrogen) atoms. The lowest BCUT2D eigenvalue weighted by Gasteiger charge is -2.26. The fourth-order valence-electron chi connectivity index (χ4n) is 3.29. The van der Waals surface area contributed by atoms with E-state index in [1.54, 1.807) is 29.8 Å². The van der Waals surface area contributed by atoms with Gasteiger partial charge in [-0.2, -0.15) is 4.98 Å². The second-order valence-electron chi connectivity index (χ2n) is 7.23. The summed E-state index contributed by atoms with van der Waals surface area (Å²) in [7, 11) is 1.76. The highest BCUT2D eigenvalue weighted by Crippen LogP contribution is 2.29. The zero-order valence-electron chi connectivity index (χ0n) is 16.6. The number of hydrogen-bond donors (Lipinski definition) is 2. The summed E-state index contributed by atoms with van der Waals surface area (Å²) in [6.45, 7) is 1.000.